The number of thioether (sulfide) groups is 1. The van der Waals surface area contributed by atoms with E-state index in [1.165, 1.54) is 0 Å². The molecule has 0 radical (unpaired) electrons. The third-order valence-corrected chi connectivity index (χ3v) is 3.25. The van der Waals surface area contributed by atoms with Crippen molar-refractivity contribution in [2.24, 2.45) is 11.8 Å². The van der Waals surface area contributed by atoms with E-state index in [0.717, 1.165) is 18.8 Å². The van der Waals surface area contributed by atoms with Crippen LogP contribution in [0, 0.1) is 11.8 Å². The van der Waals surface area contributed by atoms with Gasteiger partial charge in [0.15, 0.2) is 0 Å². The number of nitrogens with zero attached hydrogens (tertiary/aromatic N) is 2. The van der Waals surface area contributed by atoms with Crippen LogP contribution in [0.15, 0.2) is 4.42 Å². The molecule has 1 unspecified atom stereocenters. The van der Waals surface area contributed by atoms with Crippen molar-refractivity contribution in [1.29, 1.82) is 0 Å². The van der Waals surface area contributed by atoms with Crippen LogP contribution in [0.2, 0.25) is 0 Å². The van der Waals surface area contributed by atoms with Crippen LogP contribution in [0.25, 0.3) is 0 Å². The second-order valence-corrected chi connectivity index (χ2v) is 5.88. The van der Waals surface area contributed by atoms with Gasteiger partial charge in [0.25, 0.3) is 0 Å². The fourth-order valence-corrected chi connectivity index (χ4v) is 2.16. The quantitative estimate of drug-likeness (QED) is 0.719. The van der Waals surface area contributed by atoms with Crippen molar-refractivity contribution < 1.29 is 4.42 Å². The molecule has 104 valence electrons. The second-order valence-electron chi connectivity index (χ2n) is 4.97. The monoisotopic (exact) mass is 272 g/mol. The Morgan fingerprint density at radius 2 is 2.00 bits per heavy atom. The third kappa shape index (κ3) is 6.26. The number of hydrogen-bond acceptors (Lipinski definition) is 6. The van der Waals surface area contributed by atoms with Gasteiger partial charge < -0.3 is 15.1 Å². The van der Waals surface area contributed by atoms with Crippen LogP contribution in [0.1, 0.15) is 26.7 Å². The summed E-state index contributed by atoms with van der Waals surface area (Å²) >= 11 is 1.85. The molecule has 2 N–H and O–H groups in total. The molecule has 0 aliphatic heterocycles. The Bertz CT molecular complexity index is 330. The van der Waals surface area contributed by atoms with E-state index in [-0.39, 0.29) is 0 Å². The topological polar surface area (TPSA) is 63.0 Å². The summed E-state index contributed by atoms with van der Waals surface area (Å²) in [7, 11) is 0. The third-order valence-electron chi connectivity index (χ3n) is 2.35. The molecule has 5 nitrogen and oxygen atoms in total. The van der Waals surface area contributed by atoms with Gasteiger partial charge in [-0.3, -0.25) is 0 Å². The second kappa shape index (κ2) is 8.37. The summed E-state index contributed by atoms with van der Waals surface area (Å²) in [4.78, 5) is 0. The Kier molecular flexibility index (Phi) is 7.12. The lowest BCUT2D eigenvalue weighted by molar-refractivity contribution is 0.457. The Balaban J connectivity index is 2.25. The van der Waals surface area contributed by atoms with E-state index in [2.05, 4.69) is 47.9 Å². The van der Waals surface area contributed by atoms with Crippen LogP contribution in [-0.2, 0) is 6.54 Å². The average Bonchev–Trinajstić information content (AvgIpc) is 2.74. The minimum absolute atomic E-state index is 0.518. The van der Waals surface area contributed by atoms with E-state index in [4.69, 9.17) is 4.42 Å². The normalized spacial score (nSPS) is 12.9. The van der Waals surface area contributed by atoms with Crippen molar-refractivity contribution in [3.8, 4) is 0 Å². The van der Waals surface area contributed by atoms with Gasteiger partial charge in [-0.05, 0) is 30.4 Å². The molecule has 0 amide bonds. The number of hydrogen-bond donors (Lipinski definition) is 2. The fraction of sp³-hybridized carbons (Fsp3) is 0.833. The number of rotatable bonds is 9. The van der Waals surface area contributed by atoms with Gasteiger partial charge in [-0.25, -0.2) is 0 Å². The van der Waals surface area contributed by atoms with Gasteiger partial charge in [-0.15, -0.1) is 5.10 Å². The molecule has 6 heteroatoms. The lowest BCUT2D eigenvalue weighted by Gasteiger charge is -2.08. The molecular formula is C12H24N4OS. The minimum Gasteiger partial charge on any atom is -0.407 e. The van der Waals surface area contributed by atoms with Gasteiger partial charge in [0.1, 0.15) is 0 Å². The van der Waals surface area contributed by atoms with E-state index in [0.29, 0.717) is 30.3 Å². The number of anilines is 1. The standard InChI is InChI=1S/C12H24N4OS/c1-9(2)5-13-7-11-15-16-12(17-11)14-6-10(3)8-18-4/h9-10,13H,5-8H2,1-4H3,(H,14,16). The maximum Gasteiger partial charge on any atom is 0.315 e. The van der Waals surface area contributed by atoms with Gasteiger partial charge in [0.05, 0.1) is 6.54 Å². The first-order valence-electron chi connectivity index (χ1n) is 6.37. The predicted molar refractivity (Wildman–Crippen MR) is 76.9 cm³/mol. The van der Waals surface area contributed by atoms with Gasteiger partial charge in [0, 0.05) is 6.54 Å². The molecule has 1 rings (SSSR count). The highest BCUT2D eigenvalue weighted by Gasteiger charge is 2.07. The smallest absolute Gasteiger partial charge is 0.315 e. The maximum absolute atomic E-state index is 5.49. The van der Waals surface area contributed by atoms with Crippen LogP contribution < -0.4 is 10.6 Å². The van der Waals surface area contributed by atoms with Crippen molar-refractivity contribution in [2.75, 3.05) is 30.4 Å². The Labute approximate surface area is 114 Å². The summed E-state index contributed by atoms with van der Waals surface area (Å²) in [6, 6.07) is 0.518. The summed E-state index contributed by atoms with van der Waals surface area (Å²) in [5.41, 5.74) is 0. The first-order valence-corrected chi connectivity index (χ1v) is 7.77. The lowest BCUT2D eigenvalue weighted by atomic mass is 10.2. The highest BCUT2D eigenvalue weighted by Crippen LogP contribution is 2.09. The zero-order chi connectivity index (χ0) is 13.4. The van der Waals surface area contributed by atoms with Crippen molar-refractivity contribution in [3.05, 3.63) is 5.89 Å². The molecule has 0 aliphatic carbocycles. The number of aromatic nitrogens is 2. The average molecular weight is 272 g/mol. The van der Waals surface area contributed by atoms with Gasteiger partial charge in [-0.1, -0.05) is 25.9 Å². The van der Waals surface area contributed by atoms with E-state index in [1.54, 1.807) is 0 Å². The minimum atomic E-state index is 0.518. The van der Waals surface area contributed by atoms with Crippen molar-refractivity contribution >= 4 is 17.8 Å². The first kappa shape index (κ1) is 15.3. The van der Waals surface area contributed by atoms with Crippen molar-refractivity contribution in [3.63, 3.8) is 0 Å². The summed E-state index contributed by atoms with van der Waals surface area (Å²) in [5.74, 6) is 2.98. The van der Waals surface area contributed by atoms with Crippen LogP contribution in [0.4, 0.5) is 6.01 Å². The van der Waals surface area contributed by atoms with Crippen LogP contribution in [0.5, 0.6) is 0 Å². The number of nitrogens with one attached hydrogen (secondary N) is 2. The van der Waals surface area contributed by atoms with Crippen molar-refractivity contribution in [1.82, 2.24) is 15.5 Å². The Hall–Kier alpha value is -0.750. The fourth-order valence-electron chi connectivity index (χ4n) is 1.47. The Morgan fingerprint density at radius 3 is 2.67 bits per heavy atom. The lowest BCUT2D eigenvalue weighted by Crippen LogP contribution is -2.19. The van der Waals surface area contributed by atoms with E-state index in [9.17, 15) is 0 Å². The maximum atomic E-state index is 5.49. The molecule has 1 aromatic heterocycles. The summed E-state index contributed by atoms with van der Waals surface area (Å²) in [5, 5.41) is 14.4. The highest BCUT2D eigenvalue weighted by atomic mass is 32.2. The summed E-state index contributed by atoms with van der Waals surface area (Å²) in [6.45, 7) is 8.98. The highest BCUT2D eigenvalue weighted by molar-refractivity contribution is 7.98. The van der Waals surface area contributed by atoms with Crippen LogP contribution in [-0.4, -0.2) is 35.3 Å². The van der Waals surface area contributed by atoms with E-state index < -0.39 is 0 Å². The Morgan fingerprint density at radius 1 is 1.22 bits per heavy atom. The molecule has 0 spiro atoms. The summed E-state index contributed by atoms with van der Waals surface area (Å²) in [6.07, 6.45) is 2.11. The van der Waals surface area contributed by atoms with Crippen molar-refractivity contribution in [2.45, 2.75) is 27.3 Å². The molecule has 0 aromatic carbocycles. The molecular weight excluding hydrogens is 248 g/mol. The van der Waals surface area contributed by atoms with Gasteiger partial charge in [0.2, 0.25) is 5.89 Å². The summed E-state index contributed by atoms with van der Waals surface area (Å²) < 4.78 is 5.49. The van der Waals surface area contributed by atoms with E-state index >= 15 is 0 Å². The first-order chi connectivity index (χ1) is 8.61. The molecule has 1 aromatic rings. The van der Waals surface area contributed by atoms with Crippen LogP contribution in [0.3, 0.4) is 0 Å². The zero-order valence-electron chi connectivity index (χ0n) is 11.7. The molecule has 1 heterocycles. The molecule has 0 fully saturated rings. The molecule has 1 atom stereocenters. The SMILES string of the molecule is CSCC(C)CNc1nnc(CNCC(C)C)o1. The zero-order valence-corrected chi connectivity index (χ0v) is 12.5. The molecule has 0 saturated carbocycles. The van der Waals surface area contributed by atoms with Gasteiger partial charge in [-0.2, -0.15) is 11.8 Å². The molecule has 0 saturated heterocycles. The predicted octanol–water partition coefficient (Wildman–Crippen LogP) is 2.23. The van der Waals surface area contributed by atoms with Gasteiger partial charge >= 0.3 is 6.01 Å². The largest absolute Gasteiger partial charge is 0.407 e. The molecule has 0 bridgehead atoms. The van der Waals surface area contributed by atoms with Crippen LogP contribution >= 0.6 is 11.8 Å². The molecule has 18 heavy (non-hydrogen) atoms. The molecule has 0 aliphatic rings. The van der Waals surface area contributed by atoms with E-state index in [1.807, 2.05) is 11.8 Å².